The molecule has 0 saturated heterocycles. The maximum absolute atomic E-state index is 12.5. The number of ketones is 1. The molecule has 3 rings (SSSR count). The van der Waals surface area contributed by atoms with Crippen LogP contribution in [0.5, 0.6) is 0 Å². The van der Waals surface area contributed by atoms with E-state index >= 15 is 0 Å². The Morgan fingerprint density at radius 1 is 1.08 bits per heavy atom. The van der Waals surface area contributed by atoms with Crippen LogP contribution in [0, 0.1) is 13.8 Å². The maximum atomic E-state index is 12.5. The standard InChI is InChI=1S/C20H22O3S/c1-12-8-9-16(10-13(12)2)19(21)14(3)23-20(22)18-11-15-6-4-5-7-17(15)24-18/h8-11,14H,4-7H2,1-3H3/t14-/m1/s1. The molecule has 0 N–H and O–H groups in total. The topological polar surface area (TPSA) is 43.4 Å². The summed E-state index contributed by atoms with van der Waals surface area (Å²) in [5, 5.41) is 0. The summed E-state index contributed by atoms with van der Waals surface area (Å²) in [6.07, 6.45) is 3.67. The molecular formula is C20H22O3S. The summed E-state index contributed by atoms with van der Waals surface area (Å²) in [6.45, 7) is 5.62. The molecule has 1 aliphatic carbocycles. The van der Waals surface area contributed by atoms with E-state index in [2.05, 4.69) is 0 Å². The summed E-state index contributed by atoms with van der Waals surface area (Å²) in [5.74, 6) is -0.549. The normalized spacial score (nSPS) is 14.8. The molecule has 1 heterocycles. The molecule has 0 fully saturated rings. The average Bonchev–Trinajstić information content (AvgIpc) is 3.01. The summed E-state index contributed by atoms with van der Waals surface area (Å²) in [6, 6.07) is 7.50. The summed E-state index contributed by atoms with van der Waals surface area (Å²) < 4.78 is 5.42. The summed E-state index contributed by atoms with van der Waals surface area (Å²) in [7, 11) is 0. The van der Waals surface area contributed by atoms with Gasteiger partial charge in [0.2, 0.25) is 5.78 Å². The molecule has 0 saturated carbocycles. The van der Waals surface area contributed by atoms with Crippen LogP contribution in [0.3, 0.4) is 0 Å². The number of hydrogen-bond donors (Lipinski definition) is 0. The SMILES string of the molecule is Cc1ccc(C(=O)[C@@H](C)OC(=O)c2cc3c(s2)CCCC3)cc1C. The lowest BCUT2D eigenvalue weighted by atomic mass is 9.99. The zero-order valence-electron chi connectivity index (χ0n) is 14.3. The minimum absolute atomic E-state index is 0.159. The monoisotopic (exact) mass is 342 g/mol. The van der Waals surface area contributed by atoms with Gasteiger partial charge in [-0.2, -0.15) is 0 Å². The van der Waals surface area contributed by atoms with Crippen LogP contribution in [0.4, 0.5) is 0 Å². The van der Waals surface area contributed by atoms with Crippen LogP contribution in [-0.2, 0) is 17.6 Å². The molecule has 1 aromatic carbocycles. The summed E-state index contributed by atoms with van der Waals surface area (Å²) in [4.78, 5) is 26.8. The molecule has 3 nitrogen and oxygen atoms in total. The molecular weight excluding hydrogens is 320 g/mol. The van der Waals surface area contributed by atoms with Gasteiger partial charge in [0.25, 0.3) is 0 Å². The lowest BCUT2D eigenvalue weighted by molar-refractivity contribution is 0.0323. The third-order valence-corrected chi connectivity index (χ3v) is 5.86. The Kier molecular flexibility index (Phi) is 4.86. The number of benzene rings is 1. The van der Waals surface area contributed by atoms with Gasteiger partial charge in [-0.15, -0.1) is 11.3 Å². The minimum Gasteiger partial charge on any atom is -0.450 e. The van der Waals surface area contributed by atoms with Crippen molar-refractivity contribution in [1.29, 1.82) is 0 Å². The lowest BCUT2D eigenvalue weighted by Gasteiger charge is -2.12. The van der Waals surface area contributed by atoms with E-state index in [4.69, 9.17) is 4.74 Å². The first-order valence-corrected chi connectivity index (χ1v) is 9.21. The fourth-order valence-electron chi connectivity index (χ4n) is 2.99. The highest BCUT2D eigenvalue weighted by Gasteiger charge is 2.23. The van der Waals surface area contributed by atoms with Gasteiger partial charge in [-0.05, 0) is 75.3 Å². The van der Waals surface area contributed by atoms with Crippen molar-refractivity contribution in [3.63, 3.8) is 0 Å². The van der Waals surface area contributed by atoms with Gasteiger partial charge >= 0.3 is 5.97 Å². The molecule has 1 aromatic heterocycles. The number of aryl methyl sites for hydroxylation is 4. The van der Waals surface area contributed by atoms with Crippen LogP contribution in [0.2, 0.25) is 0 Å². The number of fused-ring (bicyclic) bond motifs is 1. The van der Waals surface area contributed by atoms with Crippen molar-refractivity contribution in [1.82, 2.24) is 0 Å². The van der Waals surface area contributed by atoms with E-state index in [0.717, 1.165) is 24.0 Å². The Labute approximate surface area is 146 Å². The van der Waals surface area contributed by atoms with E-state index in [1.165, 1.54) is 34.6 Å². The fraction of sp³-hybridized carbons (Fsp3) is 0.400. The van der Waals surface area contributed by atoms with Gasteiger partial charge in [0.15, 0.2) is 6.10 Å². The molecule has 126 valence electrons. The van der Waals surface area contributed by atoms with Crippen LogP contribution in [0.1, 0.15) is 61.4 Å². The summed E-state index contributed by atoms with van der Waals surface area (Å²) in [5.41, 5.74) is 4.06. The fourth-order valence-corrected chi connectivity index (χ4v) is 4.13. The first-order chi connectivity index (χ1) is 11.5. The molecule has 2 aromatic rings. The Bertz CT molecular complexity index is 765. The average molecular weight is 342 g/mol. The molecule has 0 bridgehead atoms. The van der Waals surface area contributed by atoms with Crippen LogP contribution < -0.4 is 0 Å². The largest absolute Gasteiger partial charge is 0.450 e. The van der Waals surface area contributed by atoms with Gasteiger partial charge in [0.05, 0.1) is 0 Å². The van der Waals surface area contributed by atoms with E-state index in [1.54, 1.807) is 13.0 Å². The highest BCUT2D eigenvalue weighted by molar-refractivity contribution is 7.14. The van der Waals surface area contributed by atoms with E-state index in [0.29, 0.717) is 10.4 Å². The number of ether oxygens (including phenoxy) is 1. The molecule has 4 heteroatoms. The highest BCUT2D eigenvalue weighted by atomic mass is 32.1. The van der Waals surface area contributed by atoms with Gasteiger partial charge in [-0.25, -0.2) is 4.79 Å². The molecule has 0 unspecified atom stereocenters. The quantitative estimate of drug-likeness (QED) is 0.599. The Hall–Kier alpha value is -1.94. The van der Waals surface area contributed by atoms with Crippen molar-refractivity contribution in [3.05, 3.63) is 56.3 Å². The number of esters is 1. The minimum atomic E-state index is -0.779. The van der Waals surface area contributed by atoms with E-state index in [-0.39, 0.29) is 11.8 Å². The first kappa shape index (κ1) is 16.9. The maximum Gasteiger partial charge on any atom is 0.349 e. The molecule has 0 amide bonds. The van der Waals surface area contributed by atoms with Gasteiger partial charge < -0.3 is 4.74 Å². The first-order valence-electron chi connectivity index (χ1n) is 8.39. The Balaban J connectivity index is 1.70. The number of Topliss-reactive ketones (excluding diaryl/α,β-unsaturated/α-hetero) is 1. The van der Waals surface area contributed by atoms with Gasteiger partial charge in [-0.1, -0.05) is 12.1 Å². The molecule has 24 heavy (non-hydrogen) atoms. The molecule has 0 aliphatic heterocycles. The van der Waals surface area contributed by atoms with Crippen molar-refractivity contribution in [2.75, 3.05) is 0 Å². The van der Waals surface area contributed by atoms with E-state index in [9.17, 15) is 9.59 Å². The lowest BCUT2D eigenvalue weighted by Crippen LogP contribution is -2.24. The van der Waals surface area contributed by atoms with Crippen LogP contribution >= 0.6 is 11.3 Å². The van der Waals surface area contributed by atoms with Crippen molar-refractivity contribution >= 4 is 23.1 Å². The van der Waals surface area contributed by atoms with E-state index < -0.39 is 6.10 Å². The van der Waals surface area contributed by atoms with Crippen molar-refractivity contribution in [3.8, 4) is 0 Å². The smallest absolute Gasteiger partial charge is 0.349 e. The molecule has 0 radical (unpaired) electrons. The number of carbonyl (C=O) groups is 2. The molecule has 1 aliphatic rings. The molecule has 0 spiro atoms. The number of thiophene rings is 1. The number of rotatable bonds is 4. The number of carbonyl (C=O) groups excluding carboxylic acids is 2. The Morgan fingerprint density at radius 3 is 2.54 bits per heavy atom. The second-order valence-corrected chi connectivity index (χ2v) is 7.61. The predicted octanol–water partition coefficient (Wildman–Crippen LogP) is 4.67. The summed E-state index contributed by atoms with van der Waals surface area (Å²) >= 11 is 1.51. The van der Waals surface area contributed by atoms with Crippen LogP contribution in [-0.4, -0.2) is 17.9 Å². The second-order valence-electron chi connectivity index (χ2n) is 6.48. The van der Waals surface area contributed by atoms with Crippen LogP contribution in [0.25, 0.3) is 0 Å². The van der Waals surface area contributed by atoms with Gasteiger partial charge in [0.1, 0.15) is 4.88 Å². The second kappa shape index (κ2) is 6.89. The van der Waals surface area contributed by atoms with Crippen molar-refractivity contribution < 1.29 is 14.3 Å². The predicted molar refractivity (Wildman–Crippen MR) is 96.1 cm³/mol. The van der Waals surface area contributed by atoms with Crippen LogP contribution in [0.15, 0.2) is 24.3 Å². The Morgan fingerprint density at radius 2 is 1.83 bits per heavy atom. The van der Waals surface area contributed by atoms with Gasteiger partial charge in [-0.3, -0.25) is 4.79 Å². The zero-order chi connectivity index (χ0) is 17.3. The third-order valence-electron chi connectivity index (χ3n) is 4.64. The van der Waals surface area contributed by atoms with Crippen molar-refractivity contribution in [2.45, 2.75) is 52.6 Å². The highest BCUT2D eigenvalue weighted by Crippen LogP contribution is 2.30. The van der Waals surface area contributed by atoms with E-state index in [1.807, 2.05) is 32.0 Å². The zero-order valence-corrected chi connectivity index (χ0v) is 15.2. The number of hydrogen-bond acceptors (Lipinski definition) is 4. The third kappa shape index (κ3) is 3.44. The van der Waals surface area contributed by atoms with Crippen molar-refractivity contribution in [2.24, 2.45) is 0 Å². The molecule has 1 atom stereocenters. The van der Waals surface area contributed by atoms with Gasteiger partial charge in [0, 0.05) is 10.4 Å².